The molecule has 8 heteroatoms. The fourth-order valence-electron chi connectivity index (χ4n) is 2.98. The number of hydrogen-bond acceptors (Lipinski definition) is 4. The Kier molecular flexibility index (Phi) is 4.96. The molecule has 0 unspecified atom stereocenters. The van der Waals surface area contributed by atoms with E-state index in [9.17, 15) is 17.6 Å². The fraction of sp³-hybridized carbons (Fsp3) is 0.500. The first-order valence-corrected chi connectivity index (χ1v) is 10.6. The number of unbranched alkanes of at least 4 members (excludes halogenated alkanes) is 1. The fourth-order valence-corrected chi connectivity index (χ4v) is 6.91. The van der Waals surface area contributed by atoms with Gasteiger partial charge in [0.2, 0.25) is 5.91 Å². The second-order valence-corrected chi connectivity index (χ2v) is 9.37. The maximum Gasteiger partial charge on any atom is 0.248 e. The SMILES string of the molecule is CCCCC(=O)N=C1S[C@@H]2CS(=O)(=O)C[C@H]2N1c1ccccc1F. The number of amides is 1. The molecule has 1 aromatic rings. The van der Waals surface area contributed by atoms with E-state index in [1.807, 2.05) is 6.92 Å². The van der Waals surface area contributed by atoms with E-state index in [0.29, 0.717) is 11.6 Å². The third-order valence-electron chi connectivity index (χ3n) is 4.14. The van der Waals surface area contributed by atoms with Crippen LogP contribution in [-0.4, -0.2) is 42.3 Å². The number of anilines is 1. The standard InChI is InChI=1S/C16H19FN2O3S2/c1-2-3-8-15(20)18-16-19(12-7-5-4-6-11(12)17)13-9-24(21,22)10-14(13)23-16/h4-7,13-14H,2-3,8-10H2,1H3/t13-,14-/m1/s1. The number of thioether (sulfide) groups is 1. The smallest absolute Gasteiger partial charge is 0.248 e. The highest BCUT2D eigenvalue weighted by atomic mass is 32.2. The summed E-state index contributed by atoms with van der Waals surface area (Å²) in [6.07, 6.45) is 1.99. The normalized spacial score (nSPS) is 26.8. The van der Waals surface area contributed by atoms with Crippen LogP contribution in [0.5, 0.6) is 0 Å². The number of aliphatic imine (C=N–C) groups is 1. The number of fused-ring (bicyclic) bond motifs is 1. The first kappa shape index (κ1) is 17.4. The highest BCUT2D eigenvalue weighted by Gasteiger charge is 2.49. The van der Waals surface area contributed by atoms with Gasteiger partial charge in [0.15, 0.2) is 15.0 Å². The van der Waals surface area contributed by atoms with Crippen LogP contribution < -0.4 is 4.90 Å². The lowest BCUT2D eigenvalue weighted by molar-refractivity contribution is -0.117. The first-order valence-electron chi connectivity index (χ1n) is 7.93. The van der Waals surface area contributed by atoms with Gasteiger partial charge in [-0.3, -0.25) is 4.79 Å². The van der Waals surface area contributed by atoms with Crippen LogP contribution in [0.2, 0.25) is 0 Å². The molecule has 1 aromatic carbocycles. The topological polar surface area (TPSA) is 66.8 Å². The van der Waals surface area contributed by atoms with Gasteiger partial charge in [-0.15, -0.1) is 0 Å². The zero-order valence-electron chi connectivity index (χ0n) is 13.3. The number of amidine groups is 1. The molecule has 0 saturated carbocycles. The molecule has 2 fully saturated rings. The number of carbonyl (C=O) groups is 1. The minimum Gasteiger partial charge on any atom is -0.313 e. The summed E-state index contributed by atoms with van der Waals surface area (Å²) in [7, 11) is -3.15. The molecule has 0 aromatic heterocycles. The monoisotopic (exact) mass is 370 g/mol. The number of halogens is 1. The Morgan fingerprint density at radius 3 is 2.83 bits per heavy atom. The van der Waals surface area contributed by atoms with Crippen molar-refractivity contribution >= 4 is 38.4 Å². The van der Waals surface area contributed by atoms with Crippen molar-refractivity contribution in [1.29, 1.82) is 0 Å². The average molecular weight is 370 g/mol. The second kappa shape index (κ2) is 6.84. The van der Waals surface area contributed by atoms with E-state index >= 15 is 0 Å². The van der Waals surface area contributed by atoms with E-state index < -0.39 is 15.7 Å². The predicted octanol–water partition coefficient (Wildman–Crippen LogP) is 2.62. The number of hydrogen-bond donors (Lipinski definition) is 0. The highest BCUT2D eigenvalue weighted by molar-refractivity contribution is 8.16. The van der Waals surface area contributed by atoms with Gasteiger partial charge >= 0.3 is 0 Å². The van der Waals surface area contributed by atoms with Crippen LogP contribution >= 0.6 is 11.8 Å². The Morgan fingerprint density at radius 2 is 2.12 bits per heavy atom. The average Bonchev–Trinajstić information content (AvgIpc) is 2.97. The second-order valence-electron chi connectivity index (χ2n) is 6.01. The zero-order chi connectivity index (χ0) is 17.3. The van der Waals surface area contributed by atoms with Crippen LogP contribution in [0.4, 0.5) is 10.1 Å². The molecular formula is C16H19FN2O3S2. The Bertz CT molecular complexity index is 779. The summed E-state index contributed by atoms with van der Waals surface area (Å²) in [4.78, 5) is 17.8. The maximum absolute atomic E-state index is 14.3. The van der Waals surface area contributed by atoms with E-state index in [0.717, 1.165) is 12.8 Å². The molecule has 3 rings (SSSR count). The summed E-state index contributed by atoms with van der Waals surface area (Å²) < 4.78 is 38.1. The van der Waals surface area contributed by atoms with E-state index in [-0.39, 0.29) is 34.4 Å². The van der Waals surface area contributed by atoms with Crippen molar-refractivity contribution in [2.75, 3.05) is 16.4 Å². The summed E-state index contributed by atoms with van der Waals surface area (Å²) >= 11 is 1.27. The van der Waals surface area contributed by atoms with Gasteiger partial charge in [0.05, 0.1) is 23.2 Å². The maximum atomic E-state index is 14.3. The van der Waals surface area contributed by atoms with E-state index in [2.05, 4.69) is 4.99 Å². The molecule has 2 aliphatic rings. The molecule has 24 heavy (non-hydrogen) atoms. The summed E-state index contributed by atoms with van der Waals surface area (Å²) in [6.45, 7) is 1.99. The zero-order valence-corrected chi connectivity index (χ0v) is 14.9. The number of benzene rings is 1. The number of sulfone groups is 1. The molecule has 2 atom stereocenters. The number of rotatable bonds is 4. The van der Waals surface area contributed by atoms with Crippen molar-refractivity contribution in [2.45, 2.75) is 37.5 Å². The van der Waals surface area contributed by atoms with Crippen molar-refractivity contribution in [3.05, 3.63) is 30.1 Å². The third kappa shape index (κ3) is 3.49. The van der Waals surface area contributed by atoms with Gasteiger partial charge in [0.25, 0.3) is 0 Å². The molecule has 130 valence electrons. The van der Waals surface area contributed by atoms with Gasteiger partial charge in [-0.2, -0.15) is 4.99 Å². The van der Waals surface area contributed by atoms with Crippen LogP contribution in [0, 0.1) is 5.82 Å². The van der Waals surface area contributed by atoms with Gasteiger partial charge in [-0.25, -0.2) is 12.8 Å². The van der Waals surface area contributed by atoms with Gasteiger partial charge in [0, 0.05) is 11.7 Å². The first-order chi connectivity index (χ1) is 11.4. The molecule has 0 spiro atoms. The van der Waals surface area contributed by atoms with Gasteiger partial charge in [-0.05, 0) is 18.6 Å². The van der Waals surface area contributed by atoms with Gasteiger partial charge in [-0.1, -0.05) is 37.2 Å². The van der Waals surface area contributed by atoms with Crippen molar-refractivity contribution in [3.63, 3.8) is 0 Å². The van der Waals surface area contributed by atoms with E-state index in [4.69, 9.17) is 0 Å². The Morgan fingerprint density at radius 1 is 1.38 bits per heavy atom. The van der Waals surface area contributed by atoms with Crippen LogP contribution in [0.1, 0.15) is 26.2 Å². The van der Waals surface area contributed by atoms with Crippen LogP contribution in [0.3, 0.4) is 0 Å². The van der Waals surface area contributed by atoms with Crippen molar-refractivity contribution in [1.82, 2.24) is 0 Å². The van der Waals surface area contributed by atoms with Crippen LogP contribution in [-0.2, 0) is 14.6 Å². The lowest BCUT2D eigenvalue weighted by atomic mass is 10.2. The summed E-state index contributed by atoms with van der Waals surface area (Å²) in [5, 5.41) is 0.193. The van der Waals surface area contributed by atoms with Gasteiger partial charge < -0.3 is 4.90 Å². The molecule has 5 nitrogen and oxygen atoms in total. The number of nitrogens with zero attached hydrogens (tertiary/aromatic N) is 2. The highest BCUT2D eigenvalue weighted by Crippen LogP contribution is 2.41. The molecule has 0 radical (unpaired) electrons. The molecule has 1 amide bonds. The summed E-state index contributed by atoms with van der Waals surface area (Å²) in [5.74, 6) is -0.698. The number of carbonyl (C=O) groups excluding carboxylic acids is 1. The van der Waals surface area contributed by atoms with E-state index in [1.165, 1.54) is 17.8 Å². The largest absolute Gasteiger partial charge is 0.313 e. The van der Waals surface area contributed by atoms with Gasteiger partial charge in [0.1, 0.15) is 5.82 Å². The Balaban J connectivity index is 1.96. The van der Waals surface area contributed by atoms with Crippen molar-refractivity contribution in [2.24, 2.45) is 4.99 Å². The Labute approximate surface area is 145 Å². The molecular weight excluding hydrogens is 351 g/mol. The quantitative estimate of drug-likeness (QED) is 0.815. The molecule has 2 aliphatic heterocycles. The predicted molar refractivity (Wildman–Crippen MR) is 94.7 cm³/mol. The summed E-state index contributed by atoms with van der Waals surface area (Å²) in [5.41, 5.74) is 0.275. The number of para-hydroxylation sites is 1. The third-order valence-corrected chi connectivity index (χ3v) is 7.35. The van der Waals surface area contributed by atoms with E-state index in [1.54, 1.807) is 23.1 Å². The lowest BCUT2D eigenvalue weighted by Crippen LogP contribution is -2.38. The van der Waals surface area contributed by atoms with Crippen LogP contribution in [0.15, 0.2) is 29.3 Å². The Hall–Kier alpha value is -1.41. The molecule has 0 bridgehead atoms. The van der Waals surface area contributed by atoms with Crippen molar-refractivity contribution < 1.29 is 17.6 Å². The lowest BCUT2D eigenvalue weighted by Gasteiger charge is -2.24. The summed E-state index contributed by atoms with van der Waals surface area (Å²) in [6, 6.07) is 5.81. The minimum absolute atomic E-state index is 0.0372. The molecule has 0 N–H and O–H groups in total. The molecule has 0 aliphatic carbocycles. The van der Waals surface area contributed by atoms with Crippen LogP contribution in [0.25, 0.3) is 0 Å². The van der Waals surface area contributed by atoms with Crippen molar-refractivity contribution in [3.8, 4) is 0 Å². The molecule has 2 heterocycles. The molecule has 2 saturated heterocycles. The minimum atomic E-state index is -3.15.